The van der Waals surface area contributed by atoms with Crippen LogP contribution in [0.1, 0.15) is 57.1 Å². The van der Waals surface area contributed by atoms with E-state index in [0.29, 0.717) is 44.7 Å². The third kappa shape index (κ3) is 7.49. The van der Waals surface area contributed by atoms with Crippen LogP contribution in [-0.2, 0) is 20.9 Å². The summed E-state index contributed by atoms with van der Waals surface area (Å²) in [5.41, 5.74) is 0.898. The van der Waals surface area contributed by atoms with Crippen molar-refractivity contribution in [1.29, 1.82) is 0 Å². The summed E-state index contributed by atoms with van der Waals surface area (Å²) in [4.78, 5) is 44.8. The van der Waals surface area contributed by atoms with Crippen LogP contribution in [0.25, 0.3) is 0 Å². The van der Waals surface area contributed by atoms with Gasteiger partial charge in [-0.3, -0.25) is 4.79 Å². The number of amides is 3. The molecular weight excluding hydrogens is 501 g/mol. The predicted molar refractivity (Wildman–Crippen MR) is 144 cm³/mol. The van der Waals surface area contributed by atoms with E-state index in [2.05, 4.69) is 0 Å². The van der Waals surface area contributed by atoms with Crippen LogP contribution >= 0.6 is 0 Å². The zero-order chi connectivity index (χ0) is 28.0. The number of rotatable bonds is 5. The molecule has 2 aromatic rings. The minimum absolute atomic E-state index is 0.139. The molecule has 2 unspecified atom stereocenters. The first-order chi connectivity index (χ1) is 18.6. The third-order valence-corrected chi connectivity index (χ3v) is 7.11. The molecular formula is C30H38FN3O5. The van der Waals surface area contributed by atoms with Gasteiger partial charge in [-0.15, -0.1) is 0 Å². The van der Waals surface area contributed by atoms with Crippen LogP contribution in [0.15, 0.2) is 54.6 Å². The van der Waals surface area contributed by atoms with Crippen molar-refractivity contribution in [2.75, 3.05) is 32.7 Å². The van der Waals surface area contributed by atoms with Crippen LogP contribution < -0.4 is 0 Å². The molecule has 39 heavy (non-hydrogen) atoms. The van der Waals surface area contributed by atoms with E-state index in [-0.39, 0.29) is 18.3 Å². The molecule has 2 atom stereocenters. The lowest BCUT2D eigenvalue weighted by Gasteiger charge is -2.43. The van der Waals surface area contributed by atoms with Crippen molar-refractivity contribution in [2.24, 2.45) is 0 Å². The van der Waals surface area contributed by atoms with Crippen molar-refractivity contribution in [3.63, 3.8) is 0 Å². The van der Waals surface area contributed by atoms with Gasteiger partial charge in [-0.05, 0) is 63.3 Å². The summed E-state index contributed by atoms with van der Waals surface area (Å²) >= 11 is 0. The molecule has 0 radical (unpaired) electrons. The van der Waals surface area contributed by atoms with Gasteiger partial charge in [-0.2, -0.15) is 0 Å². The molecule has 0 saturated carbocycles. The number of carbonyl (C=O) groups is 3. The normalized spacial score (nSPS) is 18.9. The topological polar surface area (TPSA) is 79.4 Å². The maximum absolute atomic E-state index is 14.0. The molecule has 0 N–H and O–H groups in total. The fourth-order valence-corrected chi connectivity index (χ4v) is 5.17. The molecule has 2 aromatic carbocycles. The number of likely N-dealkylation sites (tertiary alicyclic amines) is 1. The van der Waals surface area contributed by atoms with Crippen molar-refractivity contribution in [3.05, 3.63) is 71.5 Å². The number of hydrogen-bond donors (Lipinski definition) is 0. The molecule has 210 valence electrons. The van der Waals surface area contributed by atoms with Gasteiger partial charge >= 0.3 is 12.2 Å². The summed E-state index contributed by atoms with van der Waals surface area (Å²) in [5.74, 6) is -1.20. The van der Waals surface area contributed by atoms with E-state index in [9.17, 15) is 18.8 Å². The smallest absolute Gasteiger partial charge is 0.410 e. The first-order valence-corrected chi connectivity index (χ1v) is 13.6. The summed E-state index contributed by atoms with van der Waals surface area (Å²) < 4.78 is 24.9. The lowest BCUT2D eigenvalue weighted by Crippen LogP contribution is -2.56. The molecule has 0 spiro atoms. The highest BCUT2D eigenvalue weighted by atomic mass is 19.1. The van der Waals surface area contributed by atoms with E-state index in [4.69, 9.17) is 9.47 Å². The monoisotopic (exact) mass is 539 g/mol. The number of nitrogens with zero attached hydrogens (tertiary/aromatic N) is 3. The second-order valence-corrected chi connectivity index (χ2v) is 11.1. The zero-order valence-electron chi connectivity index (χ0n) is 23.0. The number of benzene rings is 2. The number of hydrogen-bond acceptors (Lipinski definition) is 5. The van der Waals surface area contributed by atoms with E-state index in [0.717, 1.165) is 18.4 Å². The van der Waals surface area contributed by atoms with Gasteiger partial charge in [-0.1, -0.05) is 42.5 Å². The molecule has 2 fully saturated rings. The maximum Gasteiger partial charge on any atom is 0.410 e. The Morgan fingerprint density at radius 2 is 1.51 bits per heavy atom. The summed E-state index contributed by atoms with van der Waals surface area (Å²) in [6.07, 6.45) is 1.47. The number of piperidine rings is 1. The molecule has 4 rings (SSSR count). The molecule has 2 aliphatic rings. The third-order valence-electron chi connectivity index (χ3n) is 7.11. The van der Waals surface area contributed by atoms with Gasteiger partial charge in [0.05, 0.1) is 12.0 Å². The second kappa shape index (κ2) is 12.5. The molecule has 2 saturated heterocycles. The van der Waals surface area contributed by atoms with Gasteiger partial charge in [0.2, 0.25) is 5.91 Å². The highest BCUT2D eigenvalue weighted by Crippen LogP contribution is 2.34. The van der Waals surface area contributed by atoms with E-state index in [1.54, 1.807) is 26.8 Å². The fraction of sp³-hybridized carbons (Fsp3) is 0.500. The molecule has 2 heterocycles. The molecule has 2 aliphatic heterocycles. The Labute approximate surface area is 229 Å². The highest BCUT2D eigenvalue weighted by Gasteiger charge is 2.41. The Hall–Kier alpha value is -3.62. The number of halogens is 1. The summed E-state index contributed by atoms with van der Waals surface area (Å²) in [6, 6.07) is 15.0. The molecule has 8 nitrogen and oxygen atoms in total. The van der Waals surface area contributed by atoms with Crippen molar-refractivity contribution < 1.29 is 28.2 Å². The molecule has 0 aromatic heterocycles. The zero-order valence-corrected chi connectivity index (χ0v) is 23.0. The molecule has 3 amide bonds. The van der Waals surface area contributed by atoms with Gasteiger partial charge in [-0.25, -0.2) is 14.0 Å². The largest absolute Gasteiger partial charge is 0.445 e. The van der Waals surface area contributed by atoms with Gasteiger partial charge in [0, 0.05) is 32.7 Å². The fourth-order valence-electron chi connectivity index (χ4n) is 5.17. The van der Waals surface area contributed by atoms with E-state index >= 15 is 0 Å². The highest BCUT2D eigenvalue weighted by molar-refractivity contribution is 5.86. The Bertz CT molecular complexity index is 1130. The summed E-state index contributed by atoms with van der Waals surface area (Å²) in [5, 5.41) is 0. The van der Waals surface area contributed by atoms with Crippen molar-refractivity contribution in [3.8, 4) is 0 Å². The minimum atomic E-state index is -0.671. The van der Waals surface area contributed by atoms with Crippen molar-refractivity contribution >= 4 is 18.1 Å². The number of piperazine rings is 1. The predicted octanol–water partition coefficient (Wildman–Crippen LogP) is 5.18. The summed E-state index contributed by atoms with van der Waals surface area (Å²) in [6.45, 7) is 7.50. The lowest BCUT2D eigenvalue weighted by molar-refractivity contribution is -0.136. The van der Waals surface area contributed by atoms with Gasteiger partial charge in [0.15, 0.2) is 0 Å². The Morgan fingerprint density at radius 3 is 2.15 bits per heavy atom. The lowest BCUT2D eigenvalue weighted by atomic mass is 9.84. The SMILES string of the molecule is CC(C)(C)OC(=O)N1CCCCC1C(C(=O)N1CCN(C(=O)OCc2ccccc2)CC1)c1ccc(F)cc1. The van der Waals surface area contributed by atoms with Crippen LogP contribution in [-0.4, -0.2) is 77.2 Å². The standard InChI is InChI=1S/C30H38FN3O5/c1-30(2,3)39-29(37)34-16-8-7-11-25(34)26(23-12-14-24(31)15-13-23)27(35)32-17-19-33(20-18-32)28(36)38-21-22-9-5-4-6-10-22/h4-6,9-10,12-15,25-26H,7-8,11,16-21H2,1-3H3. The van der Waals surface area contributed by atoms with Gasteiger partial charge in [0.25, 0.3) is 0 Å². The van der Waals surface area contributed by atoms with Crippen molar-refractivity contribution in [1.82, 2.24) is 14.7 Å². The van der Waals surface area contributed by atoms with Gasteiger partial charge in [0.1, 0.15) is 18.0 Å². The Kier molecular flexibility index (Phi) is 9.09. The molecule has 0 bridgehead atoms. The van der Waals surface area contributed by atoms with Crippen LogP contribution in [0, 0.1) is 5.82 Å². The first kappa shape index (κ1) is 28.4. The average molecular weight is 540 g/mol. The van der Waals surface area contributed by atoms with Crippen LogP contribution in [0.5, 0.6) is 0 Å². The van der Waals surface area contributed by atoms with Crippen molar-refractivity contribution in [2.45, 2.75) is 64.2 Å². The minimum Gasteiger partial charge on any atom is -0.445 e. The van der Waals surface area contributed by atoms with Crippen LogP contribution in [0.3, 0.4) is 0 Å². The molecule has 9 heteroatoms. The maximum atomic E-state index is 14.0. The average Bonchev–Trinajstić information content (AvgIpc) is 2.93. The second-order valence-electron chi connectivity index (χ2n) is 11.1. The molecule has 0 aliphatic carbocycles. The quantitative estimate of drug-likeness (QED) is 0.523. The summed E-state index contributed by atoms with van der Waals surface area (Å²) in [7, 11) is 0. The van der Waals surface area contributed by atoms with Crippen LogP contribution in [0.4, 0.5) is 14.0 Å². The number of carbonyl (C=O) groups excluding carboxylic acids is 3. The Balaban J connectivity index is 1.47. The van der Waals surface area contributed by atoms with Gasteiger partial charge < -0.3 is 24.2 Å². The van der Waals surface area contributed by atoms with E-state index < -0.39 is 29.7 Å². The van der Waals surface area contributed by atoms with Crippen LogP contribution in [0.2, 0.25) is 0 Å². The number of ether oxygens (including phenoxy) is 2. The Morgan fingerprint density at radius 1 is 0.872 bits per heavy atom. The van der Waals surface area contributed by atoms with E-state index in [1.807, 2.05) is 51.1 Å². The van der Waals surface area contributed by atoms with E-state index in [1.165, 1.54) is 12.1 Å². The first-order valence-electron chi connectivity index (χ1n) is 13.6.